The number of hydrogen-bond donors (Lipinski definition) is 1. The van der Waals surface area contributed by atoms with Crippen LogP contribution in [0, 0.1) is 0 Å². The van der Waals surface area contributed by atoms with Gasteiger partial charge in [-0.25, -0.2) is 4.98 Å². The van der Waals surface area contributed by atoms with E-state index >= 15 is 0 Å². The first-order valence-corrected chi connectivity index (χ1v) is 6.65. The molecule has 1 aromatic heterocycles. The van der Waals surface area contributed by atoms with E-state index in [1.165, 1.54) is 0 Å². The van der Waals surface area contributed by atoms with Gasteiger partial charge in [0, 0.05) is 17.1 Å². The molecule has 3 rings (SSSR count). The van der Waals surface area contributed by atoms with E-state index in [1.54, 1.807) is 10.9 Å². The van der Waals surface area contributed by atoms with Crippen molar-refractivity contribution in [3.63, 3.8) is 0 Å². The number of aromatic nitrogens is 2. The maximum absolute atomic E-state index is 12.4. The lowest BCUT2D eigenvalue weighted by Crippen LogP contribution is -2.34. The fourth-order valence-electron chi connectivity index (χ4n) is 2.31. The molecule has 2 aromatic rings. The van der Waals surface area contributed by atoms with E-state index in [2.05, 4.69) is 10.3 Å². The summed E-state index contributed by atoms with van der Waals surface area (Å²) in [5, 5.41) is 3.89. The van der Waals surface area contributed by atoms with Crippen molar-refractivity contribution in [2.45, 2.75) is 19.5 Å². The fourth-order valence-corrected chi connectivity index (χ4v) is 2.51. The van der Waals surface area contributed by atoms with Gasteiger partial charge in [0.15, 0.2) is 0 Å². The summed E-state index contributed by atoms with van der Waals surface area (Å²) in [6, 6.07) is 7.56. The molecule has 0 saturated carbocycles. The molecule has 2 heterocycles. The molecule has 0 radical (unpaired) electrons. The first-order chi connectivity index (χ1) is 9.25. The highest BCUT2D eigenvalue weighted by molar-refractivity contribution is 6.31. The summed E-state index contributed by atoms with van der Waals surface area (Å²) in [7, 11) is 0. The van der Waals surface area contributed by atoms with Crippen LogP contribution in [-0.4, -0.2) is 16.1 Å². The van der Waals surface area contributed by atoms with Crippen LogP contribution in [0.25, 0.3) is 0 Å². The third-order valence-electron chi connectivity index (χ3n) is 3.36. The van der Waals surface area contributed by atoms with E-state index in [0.717, 1.165) is 29.8 Å². The van der Waals surface area contributed by atoms with Crippen LogP contribution in [0.15, 0.2) is 35.4 Å². The summed E-state index contributed by atoms with van der Waals surface area (Å²) in [5.41, 5.74) is 2.67. The average Bonchev–Trinajstić information content (AvgIpc) is 2.44. The predicted octanol–water partition coefficient (Wildman–Crippen LogP) is 1.59. The molecular weight excluding hydrogens is 262 g/mol. The fraction of sp³-hybridized carbons (Fsp3) is 0.286. The van der Waals surface area contributed by atoms with Crippen LogP contribution in [0.1, 0.15) is 16.8 Å². The van der Waals surface area contributed by atoms with Crippen LogP contribution in [-0.2, 0) is 19.5 Å². The number of rotatable bonds is 2. The standard InChI is InChI=1S/C14H14ClN3O/c15-12-4-2-1-3-10(12)8-18-9-17-13-7-16-6-5-11(13)14(18)19/h1-4,9,16H,5-8H2. The highest BCUT2D eigenvalue weighted by Gasteiger charge is 2.15. The van der Waals surface area contributed by atoms with E-state index in [1.807, 2.05) is 24.3 Å². The number of benzene rings is 1. The molecule has 0 aliphatic carbocycles. The zero-order valence-corrected chi connectivity index (χ0v) is 11.2. The molecule has 1 aliphatic heterocycles. The van der Waals surface area contributed by atoms with Gasteiger partial charge >= 0.3 is 0 Å². The smallest absolute Gasteiger partial charge is 0.257 e. The van der Waals surface area contributed by atoms with Gasteiger partial charge in [0.25, 0.3) is 5.56 Å². The Balaban J connectivity index is 1.98. The van der Waals surface area contributed by atoms with Gasteiger partial charge in [-0.1, -0.05) is 29.8 Å². The summed E-state index contributed by atoms with van der Waals surface area (Å²) in [5.74, 6) is 0. The minimum atomic E-state index is 0.0476. The highest BCUT2D eigenvalue weighted by Crippen LogP contribution is 2.15. The van der Waals surface area contributed by atoms with E-state index in [0.29, 0.717) is 18.1 Å². The lowest BCUT2D eigenvalue weighted by molar-refractivity contribution is 0.596. The Labute approximate surface area is 116 Å². The maximum Gasteiger partial charge on any atom is 0.257 e. The van der Waals surface area contributed by atoms with Crippen molar-refractivity contribution in [3.05, 3.63) is 62.8 Å². The van der Waals surface area contributed by atoms with Crippen molar-refractivity contribution in [1.29, 1.82) is 0 Å². The monoisotopic (exact) mass is 275 g/mol. The highest BCUT2D eigenvalue weighted by atomic mass is 35.5. The average molecular weight is 276 g/mol. The van der Waals surface area contributed by atoms with Gasteiger partial charge in [-0.05, 0) is 24.6 Å². The van der Waals surface area contributed by atoms with E-state index < -0.39 is 0 Å². The molecule has 0 bridgehead atoms. The van der Waals surface area contributed by atoms with E-state index in [9.17, 15) is 4.79 Å². The molecule has 0 atom stereocenters. The molecule has 0 spiro atoms. The van der Waals surface area contributed by atoms with E-state index in [4.69, 9.17) is 11.6 Å². The van der Waals surface area contributed by atoms with E-state index in [-0.39, 0.29) is 5.56 Å². The van der Waals surface area contributed by atoms with Crippen molar-refractivity contribution >= 4 is 11.6 Å². The van der Waals surface area contributed by atoms with Crippen LogP contribution in [0.5, 0.6) is 0 Å². The SMILES string of the molecule is O=c1c2c(ncn1Cc1ccccc1Cl)CNCC2. The Kier molecular flexibility index (Phi) is 3.36. The third kappa shape index (κ3) is 2.41. The largest absolute Gasteiger partial charge is 0.311 e. The second-order valence-electron chi connectivity index (χ2n) is 4.62. The second-order valence-corrected chi connectivity index (χ2v) is 5.03. The minimum absolute atomic E-state index is 0.0476. The van der Waals surface area contributed by atoms with Crippen molar-refractivity contribution < 1.29 is 0 Å². The van der Waals surface area contributed by atoms with Gasteiger partial charge in [0.05, 0.1) is 18.6 Å². The third-order valence-corrected chi connectivity index (χ3v) is 3.73. The molecule has 1 N–H and O–H groups in total. The topological polar surface area (TPSA) is 46.9 Å². The molecule has 1 aliphatic rings. The lowest BCUT2D eigenvalue weighted by Gasteiger charge is -2.17. The number of halogens is 1. The van der Waals surface area contributed by atoms with Crippen LogP contribution in [0.3, 0.4) is 0 Å². The van der Waals surface area contributed by atoms with Gasteiger partial charge in [0.1, 0.15) is 0 Å². The zero-order chi connectivity index (χ0) is 13.2. The Bertz CT molecular complexity index is 666. The van der Waals surface area contributed by atoms with Crippen molar-refractivity contribution in [2.75, 3.05) is 6.54 Å². The van der Waals surface area contributed by atoms with Crippen LogP contribution < -0.4 is 10.9 Å². The van der Waals surface area contributed by atoms with Gasteiger partial charge in [-0.3, -0.25) is 9.36 Å². The molecule has 19 heavy (non-hydrogen) atoms. The Morgan fingerprint density at radius 1 is 1.37 bits per heavy atom. The van der Waals surface area contributed by atoms with Crippen LogP contribution in [0.2, 0.25) is 5.02 Å². The zero-order valence-electron chi connectivity index (χ0n) is 10.4. The lowest BCUT2D eigenvalue weighted by atomic mass is 10.1. The minimum Gasteiger partial charge on any atom is -0.311 e. The van der Waals surface area contributed by atoms with Crippen molar-refractivity contribution in [3.8, 4) is 0 Å². The molecule has 5 heteroatoms. The summed E-state index contributed by atoms with van der Waals surface area (Å²) >= 11 is 6.12. The molecule has 98 valence electrons. The quantitative estimate of drug-likeness (QED) is 0.905. The molecule has 0 unspecified atom stereocenters. The molecular formula is C14H14ClN3O. The predicted molar refractivity (Wildman–Crippen MR) is 74.5 cm³/mol. The van der Waals surface area contributed by atoms with Gasteiger partial charge in [-0.15, -0.1) is 0 Å². The Morgan fingerprint density at radius 3 is 3.05 bits per heavy atom. The first kappa shape index (κ1) is 12.4. The summed E-state index contributed by atoms with van der Waals surface area (Å²) in [4.78, 5) is 16.7. The molecule has 1 aromatic carbocycles. The molecule has 0 saturated heterocycles. The van der Waals surface area contributed by atoms with Crippen molar-refractivity contribution in [1.82, 2.24) is 14.9 Å². The maximum atomic E-state index is 12.4. The second kappa shape index (κ2) is 5.15. The normalized spacial score (nSPS) is 14.2. The Morgan fingerprint density at radius 2 is 2.21 bits per heavy atom. The molecule has 0 fully saturated rings. The summed E-state index contributed by atoms with van der Waals surface area (Å²) in [6.07, 6.45) is 2.35. The van der Waals surface area contributed by atoms with Gasteiger partial charge < -0.3 is 5.32 Å². The molecule has 0 amide bonds. The van der Waals surface area contributed by atoms with Gasteiger partial charge in [-0.2, -0.15) is 0 Å². The Hall–Kier alpha value is -1.65. The summed E-state index contributed by atoms with van der Waals surface area (Å²) in [6.45, 7) is 1.98. The molecule has 4 nitrogen and oxygen atoms in total. The number of nitrogens with zero attached hydrogens (tertiary/aromatic N) is 2. The van der Waals surface area contributed by atoms with Crippen molar-refractivity contribution in [2.24, 2.45) is 0 Å². The van der Waals surface area contributed by atoms with Gasteiger partial charge in [0.2, 0.25) is 0 Å². The number of nitrogens with one attached hydrogen (secondary N) is 1. The van der Waals surface area contributed by atoms with Crippen LogP contribution >= 0.6 is 11.6 Å². The first-order valence-electron chi connectivity index (χ1n) is 6.27. The number of fused-ring (bicyclic) bond motifs is 1. The number of hydrogen-bond acceptors (Lipinski definition) is 3. The summed E-state index contributed by atoms with van der Waals surface area (Å²) < 4.78 is 1.63. The van der Waals surface area contributed by atoms with Crippen LogP contribution in [0.4, 0.5) is 0 Å².